The number of ketones is 1. The summed E-state index contributed by atoms with van der Waals surface area (Å²) in [5.41, 5.74) is 1.60. The first-order valence-corrected chi connectivity index (χ1v) is 9.35. The van der Waals surface area contributed by atoms with E-state index in [0.29, 0.717) is 19.5 Å². The van der Waals surface area contributed by atoms with Gasteiger partial charge in [-0.1, -0.05) is 18.2 Å². The quantitative estimate of drug-likeness (QED) is 0.788. The number of hydrogen-bond acceptors (Lipinski definition) is 4. The Balaban J connectivity index is 1.48. The molecule has 1 aromatic heterocycles. The van der Waals surface area contributed by atoms with Crippen LogP contribution in [0, 0.1) is 6.42 Å². The van der Waals surface area contributed by atoms with Crippen molar-refractivity contribution in [2.24, 2.45) is 0 Å². The highest BCUT2D eigenvalue weighted by Gasteiger charge is 2.43. The molecule has 0 N–H and O–H groups in total. The second-order valence-electron chi connectivity index (χ2n) is 5.96. The molecule has 1 fully saturated rings. The molecule has 1 atom stereocenters. The van der Waals surface area contributed by atoms with E-state index in [2.05, 4.69) is 6.42 Å². The molecule has 0 aliphatic carbocycles. The molecular formula is C18H16NO2S2. The molecule has 3 nitrogen and oxygen atoms in total. The lowest BCUT2D eigenvalue weighted by molar-refractivity contribution is 0.0735. The van der Waals surface area contributed by atoms with E-state index < -0.39 is 0 Å². The van der Waals surface area contributed by atoms with Crippen LogP contribution in [0.3, 0.4) is 0 Å². The van der Waals surface area contributed by atoms with Crippen molar-refractivity contribution in [2.45, 2.75) is 21.8 Å². The number of piperidine rings is 1. The van der Waals surface area contributed by atoms with Gasteiger partial charge in [0.1, 0.15) is 0 Å². The zero-order valence-electron chi connectivity index (χ0n) is 12.5. The fourth-order valence-electron chi connectivity index (χ4n) is 3.16. The van der Waals surface area contributed by atoms with Crippen molar-refractivity contribution in [3.63, 3.8) is 0 Å². The van der Waals surface area contributed by atoms with Crippen molar-refractivity contribution in [2.75, 3.05) is 13.1 Å². The highest BCUT2D eigenvalue weighted by Crippen LogP contribution is 2.50. The number of nitrogens with zero attached hydrogens (tertiary/aromatic N) is 1. The van der Waals surface area contributed by atoms with E-state index in [4.69, 9.17) is 0 Å². The maximum atomic E-state index is 12.5. The van der Waals surface area contributed by atoms with Crippen LogP contribution in [0.1, 0.15) is 33.6 Å². The Bertz CT molecular complexity index is 745. The standard InChI is InChI=1S/C18H16NO2S2/c20-15-12-18(23-17-14(15)6-11-22-17)7-9-19(10-8-18)16(21)13-4-2-1-3-5-13/h1-7,11H,8-10,12H2. The highest BCUT2D eigenvalue weighted by atomic mass is 32.2. The lowest BCUT2D eigenvalue weighted by Gasteiger charge is -2.42. The van der Waals surface area contributed by atoms with Crippen molar-refractivity contribution < 1.29 is 9.59 Å². The van der Waals surface area contributed by atoms with Gasteiger partial charge < -0.3 is 4.90 Å². The minimum Gasteiger partial charge on any atom is -0.338 e. The average Bonchev–Trinajstić information content (AvgIpc) is 3.04. The van der Waals surface area contributed by atoms with Crippen LogP contribution in [-0.4, -0.2) is 34.4 Å². The number of rotatable bonds is 1. The molecule has 4 rings (SSSR count). The van der Waals surface area contributed by atoms with Gasteiger partial charge in [0.2, 0.25) is 0 Å². The van der Waals surface area contributed by atoms with Crippen molar-refractivity contribution in [3.05, 3.63) is 59.3 Å². The summed E-state index contributed by atoms with van der Waals surface area (Å²) in [5, 5.41) is 1.99. The summed E-state index contributed by atoms with van der Waals surface area (Å²) in [6.07, 6.45) is 3.55. The third-order valence-electron chi connectivity index (χ3n) is 4.48. The van der Waals surface area contributed by atoms with E-state index in [9.17, 15) is 9.59 Å². The first kappa shape index (κ1) is 15.0. The minimum absolute atomic E-state index is 0.0700. The van der Waals surface area contributed by atoms with Crippen LogP contribution in [0.15, 0.2) is 46.0 Å². The van der Waals surface area contributed by atoms with E-state index in [1.807, 2.05) is 46.7 Å². The predicted molar refractivity (Wildman–Crippen MR) is 93.1 cm³/mol. The Morgan fingerprint density at radius 2 is 2.00 bits per heavy atom. The average molecular weight is 342 g/mol. The predicted octanol–water partition coefficient (Wildman–Crippen LogP) is 3.92. The van der Waals surface area contributed by atoms with Crippen LogP contribution < -0.4 is 0 Å². The van der Waals surface area contributed by atoms with Gasteiger partial charge >= 0.3 is 0 Å². The molecule has 2 aliphatic heterocycles. The molecule has 1 saturated heterocycles. The molecule has 1 amide bonds. The van der Waals surface area contributed by atoms with Gasteiger partial charge in [-0.3, -0.25) is 9.59 Å². The summed E-state index contributed by atoms with van der Waals surface area (Å²) in [4.78, 5) is 26.7. The molecule has 5 heteroatoms. The maximum Gasteiger partial charge on any atom is 0.253 e. The van der Waals surface area contributed by atoms with Crippen molar-refractivity contribution in [1.82, 2.24) is 4.90 Å². The normalized spacial score (nSPS) is 19.7. The summed E-state index contributed by atoms with van der Waals surface area (Å²) in [5.74, 6) is 0.305. The number of thiophene rings is 1. The lowest BCUT2D eigenvalue weighted by atomic mass is 9.88. The molecule has 2 aromatic rings. The minimum atomic E-state index is -0.137. The number of fused-ring (bicyclic) bond motifs is 1. The third-order valence-corrected chi connectivity index (χ3v) is 7.05. The number of likely N-dealkylation sites (tertiary alicyclic amines) is 1. The van der Waals surface area contributed by atoms with E-state index in [0.717, 1.165) is 21.8 Å². The Morgan fingerprint density at radius 1 is 1.17 bits per heavy atom. The van der Waals surface area contributed by atoms with E-state index in [1.54, 1.807) is 23.1 Å². The van der Waals surface area contributed by atoms with E-state index in [1.165, 1.54) is 0 Å². The summed E-state index contributed by atoms with van der Waals surface area (Å²) < 4.78 is 0.989. The Morgan fingerprint density at radius 3 is 2.74 bits per heavy atom. The van der Waals surface area contributed by atoms with Crippen LogP contribution in [0.25, 0.3) is 0 Å². The maximum absolute atomic E-state index is 12.5. The monoisotopic (exact) mass is 342 g/mol. The Hall–Kier alpha value is -1.59. The van der Waals surface area contributed by atoms with Crippen molar-refractivity contribution in [3.8, 4) is 0 Å². The summed E-state index contributed by atoms with van der Waals surface area (Å²) in [6.45, 7) is 1.31. The van der Waals surface area contributed by atoms with E-state index in [-0.39, 0.29) is 16.4 Å². The molecular weight excluding hydrogens is 326 g/mol. The first-order chi connectivity index (χ1) is 11.2. The number of hydrogen-bond donors (Lipinski definition) is 0. The number of benzene rings is 1. The summed E-state index contributed by atoms with van der Waals surface area (Å²) >= 11 is 3.45. The molecule has 0 saturated carbocycles. The number of thioether (sulfide) groups is 1. The van der Waals surface area contributed by atoms with Gasteiger partial charge in [0.05, 0.1) is 4.21 Å². The SMILES string of the molecule is O=C1CC2([CH]CN(C(=O)c3ccccc3)CC2)Sc2sccc21. The van der Waals surface area contributed by atoms with Gasteiger partial charge in [-0.2, -0.15) is 0 Å². The first-order valence-electron chi connectivity index (χ1n) is 7.65. The number of carbonyl (C=O) groups is 2. The van der Waals surface area contributed by atoms with Gasteiger partial charge in [-0.25, -0.2) is 0 Å². The summed E-state index contributed by atoms with van der Waals surface area (Å²) in [7, 11) is 0. The second kappa shape index (κ2) is 5.80. The van der Waals surface area contributed by atoms with Gasteiger partial charge in [0, 0.05) is 35.4 Å². The van der Waals surface area contributed by atoms with Crippen LogP contribution in [0.5, 0.6) is 0 Å². The molecule has 1 aromatic carbocycles. The molecule has 117 valence electrons. The van der Waals surface area contributed by atoms with Crippen LogP contribution in [0.2, 0.25) is 0 Å². The number of carbonyl (C=O) groups excluding carboxylic acids is 2. The third kappa shape index (κ3) is 2.72. The Kier molecular flexibility index (Phi) is 3.77. The molecule has 1 spiro atoms. The van der Waals surface area contributed by atoms with E-state index >= 15 is 0 Å². The Labute approximate surface area is 143 Å². The van der Waals surface area contributed by atoms with Gasteiger partial charge in [-0.05, 0) is 36.4 Å². The van der Waals surface area contributed by atoms with Crippen LogP contribution in [-0.2, 0) is 0 Å². The molecule has 3 heterocycles. The zero-order chi connectivity index (χ0) is 15.9. The fourth-order valence-corrected chi connectivity index (χ4v) is 5.87. The second-order valence-corrected chi connectivity index (χ2v) is 8.56. The van der Waals surface area contributed by atoms with Gasteiger partial charge in [0.25, 0.3) is 5.91 Å². The number of Topliss-reactive ketones (excluding diaryl/α,β-unsaturated/α-hetero) is 1. The molecule has 1 radical (unpaired) electrons. The highest BCUT2D eigenvalue weighted by molar-refractivity contribution is 8.02. The topological polar surface area (TPSA) is 37.4 Å². The largest absolute Gasteiger partial charge is 0.338 e. The molecule has 2 aliphatic rings. The molecule has 1 unspecified atom stereocenters. The van der Waals surface area contributed by atoms with Crippen molar-refractivity contribution in [1.29, 1.82) is 0 Å². The lowest BCUT2D eigenvalue weighted by Crippen LogP contribution is -2.47. The fraction of sp³-hybridized carbons (Fsp3) is 0.278. The zero-order valence-corrected chi connectivity index (χ0v) is 14.2. The van der Waals surface area contributed by atoms with Gasteiger partial charge in [0.15, 0.2) is 5.78 Å². The van der Waals surface area contributed by atoms with Crippen LogP contribution >= 0.6 is 23.1 Å². The van der Waals surface area contributed by atoms with Gasteiger partial charge in [-0.15, -0.1) is 23.1 Å². The van der Waals surface area contributed by atoms with Crippen molar-refractivity contribution >= 4 is 34.8 Å². The molecule has 0 bridgehead atoms. The number of amides is 1. The summed E-state index contributed by atoms with van der Waals surface area (Å²) in [6, 6.07) is 11.3. The van der Waals surface area contributed by atoms with Crippen LogP contribution in [0.4, 0.5) is 0 Å². The smallest absolute Gasteiger partial charge is 0.253 e. The molecule has 23 heavy (non-hydrogen) atoms.